The first-order chi connectivity index (χ1) is 5.65. The van der Waals surface area contributed by atoms with Crippen LogP contribution < -0.4 is 0 Å². The zero-order chi connectivity index (χ0) is 9.14. The van der Waals surface area contributed by atoms with Crippen molar-refractivity contribution in [3.8, 4) is 0 Å². The van der Waals surface area contributed by atoms with Gasteiger partial charge in [-0.2, -0.15) is 0 Å². The highest BCUT2D eigenvalue weighted by Crippen LogP contribution is 2.20. The summed E-state index contributed by atoms with van der Waals surface area (Å²) in [5.41, 5.74) is 0.435. The van der Waals surface area contributed by atoms with Gasteiger partial charge in [0.1, 0.15) is 0 Å². The first-order valence-corrected chi connectivity index (χ1v) is 3.67. The monoisotopic (exact) mass is 185 g/mol. The quantitative estimate of drug-likeness (QED) is 0.415. The molecule has 1 rings (SSSR count). The molecule has 0 heterocycles. The van der Waals surface area contributed by atoms with Crippen molar-refractivity contribution >= 4 is 18.3 Å². The molecule has 64 valence electrons. The number of nitro benzene ring substituents is 1. The van der Waals surface area contributed by atoms with Crippen LogP contribution in [0.5, 0.6) is 0 Å². The summed E-state index contributed by atoms with van der Waals surface area (Å²) in [7, 11) is 0. The second kappa shape index (κ2) is 3.55. The van der Waals surface area contributed by atoms with E-state index in [0.717, 1.165) is 0 Å². The van der Waals surface area contributed by atoms with Gasteiger partial charge in [0, 0.05) is 17.0 Å². The van der Waals surface area contributed by atoms with Crippen LogP contribution >= 0.6 is 12.6 Å². The van der Waals surface area contributed by atoms with E-state index in [1.807, 2.05) is 0 Å². The van der Waals surface area contributed by atoms with Crippen LogP contribution in [0.25, 0.3) is 0 Å². The number of rotatable bonds is 2. The highest BCUT2D eigenvalue weighted by molar-refractivity contribution is 7.80. The third-order valence-electron chi connectivity index (χ3n) is 1.44. The fourth-order valence-corrected chi connectivity index (χ4v) is 1.02. The van der Waals surface area contributed by atoms with Crippen LogP contribution in [0.1, 0.15) is 5.56 Å². The lowest BCUT2D eigenvalue weighted by Crippen LogP contribution is -1.91. The van der Waals surface area contributed by atoms with Crippen molar-refractivity contribution in [1.29, 1.82) is 0 Å². The van der Waals surface area contributed by atoms with Gasteiger partial charge in [-0.1, -0.05) is 0 Å². The lowest BCUT2D eigenvalue weighted by molar-refractivity contribution is -0.385. The third kappa shape index (κ3) is 1.75. The van der Waals surface area contributed by atoms with Gasteiger partial charge in [-0.3, -0.25) is 10.1 Å². The predicted octanol–water partition coefficient (Wildman–Crippen LogP) is 1.38. The lowest BCUT2D eigenvalue weighted by atomic mass is 10.2. The Morgan fingerprint density at radius 1 is 1.58 bits per heavy atom. The standard InChI is InChI=1S/C7H7NO3S/c9-4-5-3-6(8(10)11)1-2-7(5)12/h1-3,9,12H,4H2. The van der Waals surface area contributed by atoms with E-state index < -0.39 is 4.92 Å². The number of hydrogen-bond donors (Lipinski definition) is 2. The molecule has 0 spiro atoms. The highest BCUT2D eigenvalue weighted by Gasteiger charge is 2.07. The third-order valence-corrected chi connectivity index (χ3v) is 1.88. The zero-order valence-electron chi connectivity index (χ0n) is 6.10. The summed E-state index contributed by atoms with van der Waals surface area (Å²) >= 11 is 4.01. The van der Waals surface area contributed by atoms with Crippen LogP contribution in [0, 0.1) is 10.1 Å². The molecule has 4 nitrogen and oxygen atoms in total. The molecule has 0 atom stereocenters. The van der Waals surface area contributed by atoms with Gasteiger partial charge >= 0.3 is 0 Å². The van der Waals surface area contributed by atoms with Gasteiger partial charge in [0.05, 0.1) is 11.5 Å². The van der Waals surface area contributed by atoms with Gasteiger partial charge in [0.25, 0.3) is 5.69 Å². The molecule has 0 bridgehead atoms. The minimum atomic E-state index is -0.508. The number of aliphatic hydroxyl groups excluding tert-OH is 1. The Labute approximate surface area is 74.4 Å². The van der Waals surface area contributed by atoms with Gasteiger partial charge in [-0.05, 0) is 11.6 Å². The van der Waals surface area contributed by atoms with Crippen molar-refractivity contribution in [2.24, 2.45) is 0 Å². The molecule has 1 N–H and O–H groups in total. The molecular formula is C7H7NO3S. The zero-order valence-corrected chi connectivity index (χ0v) is 6.99. The van der Waals surface area contributed by atoms with Crippen molar-refractivity contribution < 1.29 is 10.0 Å². The summed E-state index contributed by atoms with van der Waals surface area (Å²) < 4.78 is 0. The van der Waals surface area contributed by atoms with E-state index in [1.165, 1.54) is 18.2 Å². The Morgan fingerprint density at radius 2 is 2.25 bits per heavy atom. The summed E-state index contributed by atoms with van der Waals surface area (Å²) in [5, 5.41) is 19.0. The average molecular weight is 185 g/mol. The van der Waals surface area contributed by atoms with E-state index >= 15 is 0 Å². The maximum atomic E-state index is 10.3. The second-order valence-electron chi connectivity index (χ2n) is 2.23. The number of nitro groups is 1. The number of hydrogen-bond acceptors (Lipinski definition) is 4. The number of non-ortho nitro benzene ring substituents is 1. The van der Waals surface area contributed by atoms with Crippen LogP contribution in [-0.2, 0) is 6.61 Å². The molecule has 0 fully saturated rings. The molecule has 12 heavy (non-hydrogen) atoms. The van der Waals surface area contributed by atoms with Crippen LogP contribution in [0.3, 0.4) is 0 Å². The fraction of sp³-hybridized carbons (Fsp3) is 0.143. The van der Waals surface area contributed by atoms with E-state index in [2.05, 4.69) is 12.6 Å². The first kappa shape index (κ1) is 9.02. The first-order valence-electron chi connectivity index (χ1n) is 3.22. The molecule has 0 aliphatic rings. The molecule has 0 unspecified atom stereocenters. The van der Waals surface area contributed by atoms with Gasteiger partial charge in [0.15, 0.2) is 0 Å². The van der Waals surface area contributed by atoms with E-state index in [-0.39, 0.29) is 12.3 Å². The summed E-state index contributed by atoms with van der Waals surface area (Å²) in [6.45, 7) is -0.236. The molecule has 0 saturated carbocycles. The van der Waals surface area contributed by atoms with E-state index in [9.17, 15) is 10.1 Å². The molecule has 0 amide bonds. The maximum absolute atomic E-state index is 10.3. The molecule has 0 aliphatic heterocycles. The average Bonchev–Trinajstić information content (AvgIpc) is 2.05. The highest BCUT2D eigenvalue weighted by atomic mass is 32.1. The van der Waals surface area contributed by atoms with Crippen LogP contribution in [-0.4, -0.2) is 10.0 Å². The number of benzene rings is 1. The number of thiol groups is 1. The second-order valence-corrected chi connectivity index (χ2v) is 2.71. The molecule has 5 heteroatoms. The van der Waals surface area contributed by atoms with Crippen molar-refractivity contribution in [3.05, 3.63) is 33.9 Å². The summed E-state index contributed by atoms with van der Waals surface area (Å²) in [5.74, 6) is 0. The van der Waals surface area contributed by atoms with Crippen LogP contribution in [0.4, 0.5) is 5.69 Å². The fourth-order valence-electron chi connectivity index (χ4n) is 0.812. The van der Waals surface area contributed by atoms with Gasteiger partial charge in [0.2, 0.25) is 0 Å². The molecule has 0 radical (unpaired) electrons. The minimum absolute atomic E-state index is 0.0307. The van der Waals surface area contributed by atoms with Gasteiger partial charge in [-0.25, -0.2) is 0 Å². The normalized spacial score (nSPS) is 9.83. The van der Waals surface area contributed by atoms with Crippen molar-refractivity contribution in [2.45, 2.75) is 11.5 Å². The topological polar surface area (TPSA) is 63.4 Å². The molecule has 1 aromatic carbocycles. The Morgan fingerprint density at radius 3 is 2.75 bits per heavy atom. The van der Waals surface area contributed by atoms with Crippen molar-refractivity contribution in [3.63, 3.8) is 0 Å². The number of nitrogens with zero attached hydrogens (tertiary/aromatic N) is 1. The smallest absolute Gasteiger partial charge is 0.269 e. The Hall–Kier alpha value is -1.07. The summed E-state index contributed by atoms with van der Waals surface area (Å²) in [6, 6.07) is 4.15. The van der Waals surface area contributed by atoms with Gasteiger partial charge < -0.3 is 5.11 Å². The van der Waals surface area contributed by atoms with E-state index in [4.69, 9.17) is 5.11 Å². The van der Waals surface area contributed by atoms with Crippen molar-refractivity contribution in [1.82, 2.24) is 0 Å². The molecular weight excluding hydrogens is 178 g/mol. The SMILES string of the molecule is O=[N+]([O-])c1ccc(S)c(CO)c1. The minimum Gasteiger partial charge on any atom is -0.392 e. The summed E-state index contributed by atoms with van der Waals surface area (Å²) in [4.78, 5) is 10.3. The largest absolute Gasteiger partial charge is 0.392 e. The van der Waals surface area contributed by atoms with Crippen LogP contribution in [0.2, 0.25) is 0 Å². The van der Waals surface area contributed by atoms with Crippen molar-refractivity contribution in [2.75, 3.05) is 0 Å². The Balaban J connectivity index is 3.13. The van der Waals surface area contributed by atoms with E-state index in [0.29, 0.717) is 10.5 Å². The maximum Gasteiger partial charge on any atom is 0.269 e. The molecule has 0 saturated heterocycles. The predicted molar refractivity (Wildman–Crippen MR) is 46.3 cm³/mol. The lowest BCUT2D eigenvalue weighted by Gasteiger charge is -1.99. The van der Waals surface area contributed by atoms with E-state index in [1.54, 1.807) is 0 Å². The Bertz CT molecular complexity index is 314. The molecule has 0 aromatic heterocycles. The number of aliphatic hydroxyl groups is 1. The summed E-state index contributed by atoms with van der Waals surface area (Å²) in [6.07, 6.45) is 0. The van der Waals surface area contributed by atoms with Gasteiger partial charge in [-0.15, -0.1) is 12.6 Å². The Kier molecular flexibility index (Phi) is 2.67. The van der Waals surface area contributed by atoms with Crippen LogP contribution in [0.15, 0.2) is 23.1 Å². The molecule has 0 aliphatic carbocycles. The molecule has 1 aromatic rings.